The van der Waals surface area contributed by atoms with Crippen LogP contribution in [0.3, 0.4) is 0 Å². The molecule has 0 saturated carbocycles. The van der Waals surface area contributed by atoms with Crippen LogP contribution < -0.4 is 16.2 Å². The van der Waals surface area contributed by atoms with Gasteiger partial charge in [0.1, 0.15) is 5.02 Å². The molecule has 20 heavy (non-hydrogen) atoms. The van der Waals surface area contributed by atoms with Gasteiger partial charge in [0.05, 0.1) is 12.8 Å². The number of aliphatic hydroxyl groups excluding tert-OH is 1. The van der Waals surface area contributed by atoms with Crippen molar-refractivity contribution in [3.8, 4) is 0 Å². The highest BCUT2D eigenvalue weighted by atomic mass is 35.5. The van der Waals surface area contributed by atoms with Crippen LogP contribution in [0.1, 0.15) is 5.56 Å². The fourth-order valence-electron chi connectivity index (χ4n) is 1.83. The Balaban J connectivity index is 2.28. The maximum atomic E-state index is 9.22. The number of nitrogen functional groups attached to an aromatic ring is 1. The van der Waals surface area contributed by atoms with Gasteiger partial charge in [0.2, 0.25) is 5.95 Å². The van der Waals surface area contributed by atoms with Gasteiger partial charge in [-0.1, -0.05) is 41.9 Å². The fourth-order valence-corrected chi connectivity index (χ4v) is 2.04. The molecular weight excluding hydrogens is 278 g/mol. The van der Waals surface area contributed by atoms with Crippen LogP contribution in [0.2, 0.25) is 5.02 Å². The second-order valence-electron chi connectivity index (χ2n) is 4.14. The lowest BCUT2D eigenvalue weighted by Crippen LogP contribution is -2.28. The van der Waals surface area contributed by atoms with E-state index in [1.807, 2.05) is 35.2 Å². The molecule has 0 fully saturated rings. The summed E-state index contributed by atoms with van der Waals surface area (Å²) in [6.07, 6.45) is 1.48. The summed E-state index contributed by atoms with van der Waals surface area (Å²) in [4.78, 5) is 10.1. The van der Waals surface area contributed by atoms with Crippen molar-refractivity contribution in [3.05, 3.63) is 47.1 Å². The largest absolute Gasteiger partial charge is 0.395 e. The third-order valence-corrected chi connectivity index (χ3v) is 3.01. The number of rotatable bonds is 6. The highest BCUT2D eigenvalue weighted by Crippen LogP contribution is 2.24. The van der Waals surface area contributed by atoms with Crippen molar-refractivity contribution >= 4 is 23.4 Å². The van der Waals surface area contributed by atoms with Crippen LogP contribution in [0.5, 0.6) is 0 Å². The molecular formula is C13H16ClN5O. The van der Waals surface area contributed by atoms with Crippen LogP contribution in [0, 0.1) is 0 Å². The van der Waals surface area contributed by atoms with Gasteiger partial charge >= 0.3 is 0 Å². The molecule has 2 rings (SSSR count). The zero-order valence-corrected chi connectivity index (χ0v) is 11.6. The number of hydrogen-bond donors (Lipinski definition) is 3. The number of aliphatic hydroxyl groups is 1. The Morgan fingerprint density at radius 1 is 1.30 bits per heavy atom. The Morgan fingerprint density at radius 3 is 2.70 bits per heavy atom. The summed E-state index contributed by atoms with van der Waals surface area (Å²) in [5.74, 6) is 6.12. The Bertz CT molecular complexity index is 552. The SMILES string of the molecule is NNc1ncc(Cl)c(N(CCO)Cc2ccccc2)n1. The molecule has 0 saturated heterocycles. The maximum Gasteiger partial charge on any atom is 0.239 e. The van der Waals surface area contributed by atoms with Crippen LogP contribution in [0.25, 0.3) is 0 Å². The van der Waals surface area contributed by atoms with E-state index in [-0.39, 0.29) is 12.6 Å². The summed E-state index contributed by atoms with van der Waals surface area (Å²) in [6.45, 7) is 0.996. The average molecular weight is 294 g/mol. The van der Waals surface area contributed by atoms with Crippen LogP contribution in [-0.2, 0) is 6.54 Å². The van der Waals surface area contributed by atoms with Gasteiger partial charge in [0.25, 0.3) is 0 Å². The first-order valence-electron chi connectivity index (χ1n) is 6.13. The van der Waals surface area contributed by atoms with E-state index in [9.17, 15) is 5.11 Å². The fraction of sp³-hybridized carbons (Fsp3) is 0.231. The van der Waals surface area contributed by atoms with Gasteiger partial charge in [-0.15, -0.1) is 0 Å². The van der Waals surface area contributed by atoms with E-state index >= 15 is 0 Å². The van der Waals surface area contributed by atoms with E-state index in [2.05, 4.69) is 15.4 Å². The van der Waals surface area contributed by atoms with E-state index in [1.54, 1.807) is 0 Å². The first-order valence-corrected chi connectivity index (χ1v) is 6.51. The van der Waals surface area contributed by atoms with Gasteiger partial charge in [-0.05, 0) is 5.56 Å². The summed E-state index contributed by atoms with van der Waals surface area (Å²) in [6, 6.07) is 9.87. The molecule has 1 heterocycles. The summed E-state index contributed by atoms with van der Waals surface area (Å²) < 4.78 is 0. The van der Waals surface area contributed by atoms with Crippen molar-refractivity contribution in [2.45, 2.75) is 6.54 Å². The Hall–Kier alpha value is -1.89. The van der Waals surface area contributed by atoms with E-state index in [1.165, 1.54) is 6.20 Å². The van der Waals surface area contributed by atoms with Crippen LogP contribution >= 0.6 is 11.6 Å². The van der Waals surface area contributed by atoms with Gasteiger partial charge in [0, 0.05) is 13.1 Å². The molecule has 6 nitrogen and oxygen atoms in total. The predicted molar refractivity (Wildman–Crippen MR) is 79.4 cm³/mol. The van der Waals surface area contributed by atoms with Crippen molar-refractivity contribution < 1.29 is 5.11 Å². The molecule has 1 aromatic heterocycles. The molecule has 0 unspecified atom stereocenters. The minimum atomic E-state index is -0.00144. The maximum absolute atomic E-state index is 9.22. The zero-order chi connectivity index (χ0) is 14.4. The number of anilines is 2. The summed E-state index contributed by atoms with van der Waals surface area (Å²) in [5, 5.41) is 9.64. The van der Waals surface area contributed by atoms with Gasteiger partial charge in [-0.3, -0.25) is 5.43 Å². The minimum absolute atomic E-state index is 0.00144. The molecule has 106 valence electrons. The number of aromatic nitrogens is 2. The predicted octanol–water partition coefficient (Wildman–Crippen LogP) is 1.41. The lowest BCUT2D eigenvalue weighted by molar-refractivity contribution is 0.301. The van der Waals surface area contributed by atoms with E-state index in [0.29, 0.717) is 23.9 Å². The van der Waals surface area contributed by atoms with Crippen molar-refractivity contribution in [2.24, 2.45) is 5.84 Å². The second-order valence-corrected chi connectivity index (χ2v) is 4.55. The molecule has 1 aromatic carbocycles. The molecule has 0 aliphatic rings. The van der Waals surface area contributed by atoms with Gasteiger partial charge in [-0.25, -0.2) is 10.8 Å². The van der Waals surface area contributed by atoms with Gasteiger partial charge in [-0.2, -0.15) is 4.98 Å². The molecule has 0 bridgehead atoms. The van der Waals surface area contributed by atoms with E-state index < -0.39 is 0 Å². The smallest absolute Gasteiger partial charge is 0.239 e. The van der Waals surface area contributed by atoms with Crippen LogP contribution in [-0.4, -0.2) is 28.2 Å². The standard InChI is InChI=1S/C13H16ClN5O/c14-11-8-16-13(18-15)17-12(11)19(6-7-20)9-10-4-2-1-3-5-10/h1-5,8,20H,6-7,9,15H2,(H,16,17,18). The third-order valence-electron chi connectivity index (χ3n) is 2.74. The molecule has 2 aromatic rings. The number of halogens is 1. The van der Waals surface area contributed by atoms with Gasteiger partial charge < -0.3 is 10.0 Å². The van der Waals surface area contributed by atoms with E-state index in [0.717, 1.165) is 5.56 Å². The molecule has 0 atom stereocenters. The van der Waals surface area contributed by atoms with Crippen molar-refractivity contribution in [1.29, 1.82) is 0 Å². The van der Waals surface area contributed by atoms with Crippen molar-refractivity contribution in [2.75, 3.05) is 23.5 Å². The number of benzene rings is 1. The molecule has 0 radical (unpaired) electrons. The summed E-state index contributed by atoms with van der Waals surface area (Å²) >= 11 is 6.13. The number of nitrogens with two attached hydrogens (primary N) is 1. The average Bonchev–Trinajstić information content (AvgIpc) is 2.48. The number of nitrogens with one attached hydrogen (secondary N) is 1. The summed E-state index contributed by atoms with van der Waals surface area (Å²) in [7, 11) is 0. The molecule has 7 heteroatoms. The van der Waals surface area contributed by atoms with Crippen molar-refractivity contribution in [1.82, 2.24) is 9.97 Å². The Kier molecular flexibility index (Phi) is 5.11. The Labute approximate surface area is 122 Å². The molecule has 0 aliphatic heterocycles. The van der Waals surface area contributed by atoms with Gasteiger partial charge in [0.15, 0.2) is 5.82 Å². The normalized spacial score (nSPS) is 10.3. The highest BCUT2D eigenvalue weighted by molar-refractivity contribution is 6.32. The number of hydrazine groups is 1. The minimum Gasteiger partial charge on any atom is -0.395 e. The van der Waals surface area contributed by atoms with Crippen molar-refractivity contribution in [3.63, 3.8) is 0 Å². The van der Waals surface area contributed by atoms with E-state index in [4.69, 9.17) is 17.4 Å². The monoisotopic (exact) mass is 293 g/mol. The lowest BCUT2D eigenvalue weighted by Gasteiger charge is -2.24. The molecule has 0 spiro atoms. The molecule has 4 N–H and O–H groups in total. The third kappa shape index (κ3) is 3.57. The topological polar surface area (TPSA) is 87.3 Å². The van der Waals surface area contributed by atoms with Crippen LogP contribution in [0.15, 0.2) is 36.5 Å². The molecule has 0 amide bonds. The summed E-state index contributed by atoms with van der Waals surface area (Å²) in [5.41, 5.74) is 3.48. The number of hydrogen-bond acceptors (Lipinski definition) is 6. The second kappa shape index (κ2) is 7.04. The quantitative estimate of drug-likeness (QED) is 0.551. The number of nitrogens with zero attached hydrogens (tertiary/aromatic N) is 3. The highest BCUT2D eigenvalue weighted by Gasteiger charge is 2.14. The Morgan fingerprint density at radius 2 is 2.05 bits per heavy atom. The van der Waals surface area contributed by atoms with Crippen LogP contribution in [0.4, 0.5) is 11.8 Å². The zero-order valence-electron chi connectivity index (χ0n) is 10.8. The molecule has 0 aliphatic carbocycles. The first kappa shape index (κ1) is 14.5. The lowest BCUT2D eigenvalue weighted by atomic mass is 10.2. The first-order chi connectivity index (χ1) is 9.74.